The van der Waals surface area contributed by atoms with Crippen molar-refractivity contribution >= 4 is 5.91 Å². The number of hydrogen-bond donors (Lipinski definition) is 2. The molecule has 0 aliphatic heterocycles. The van der Waals surface area contributed by atoms with Gasteiger partial charge >= 0.3 is 0 Å². The second-order valence-corrected chi connectivity index (χ2v) is 4.93. The Hall–Kier alpha value is -1.46. The third-order valence-electron chi connectivity index (χ3n) is 2.38. The molecule has 1 unspecified atom stereocenters. The molecule has 0 saturated carbocycles. The number of aliphatic hydroxyl groups excluding tert-OH is 1. The lowest BCUT2D eigenvalue weighted by Gasteiger charge is -2.13. The molecule has 106 valence electrons. The number of nitrogens with zero attached hydrogens (tertiary/aromatic N) is 1. The van der Waals surface area contributed by atoms with Crippen LogP contribution in [0.3, 0.4) is 0 Å². The normalized spacial score (nSPS) is 12.4. The molecule has 1 atom stereocenters. The minimum absolute atomic E-state index is 0.129. The van der Waals surface area contributed by atoms with Crippen LogP contribution in [0.5, 0.6) is 0 Å². The molecule has 0 bridgehead atoms. The van der Waals surface area contributed by atoms with E-state index in [0.29, 0.717) is 12.5 Å². The summed E-state index contributed by atoms with van der Waals surface area (Å²) in [6, 6.07) is 3.63. The van der Waals surface area contributed by atoms with Gasteiger partial charge < -0.3 is 15.2 Å². The van der Waals surface area contributed by atoms with Crippen molar-refractivity contribution in [3.05, 3.63) is 30.1 Å². The van der Waals surface area contributed by atoms with Crippen LogP contribution in [0.2, 0.25) is 0 Å². The monoisotopic (exact) mass is 266 g/mol. The van der Waals surface area contributed by atoms with Gasteiger partial charge in [0.25, 0.3) is 0 Å². The van der Waals surface area contributed by atoms with E-state index in [2.05, 4.69) is 10.3 Å². The van der Waals surface area contributed by atoms with E-state index in [-0.39, 0.29) is 25.5 Å². The Morgan fingerprint density at radius 1 is 1.47 bits per heavy atom. The predicted octanol–water partition coefficient (Wildman–Crippen LogP) is 0.774. The van der Waals surface area contributed by atoms with E-state index in [9.17, 15) is 9.90 Å². The number of hydrogen-bond acceptors (Lipinski definition) is 4. The van der Waals surface area contributed by atoms with Gasteiger partial charge in [0.15, 0.2) is 0 Å². The molecular weight excluding hydrogens is 244 g/mol. The molecule has 1 heterocycles. The molecule has 0 aliphatic rings. The number of aromatic nitrogens is 1. The number of aliphatic hydroxyl groups is 1. The minimum Gasteiger partial charge on any atom is -0.389 e. The number of amides is 1. The summed E-state index contributed by atoms with van der Waals surface area (Å²) in [7, 11) is 0. The van der Waals surface area contributed by atoms with E-state index < -0.39 is 6.10 Å². The molecule has 2 N–H and O–H groups in total. The van der Waals surface area contributed by atoms with Crippen LogP contribution in [-0.2, 0) is 16.0 Å². The molecule has 5 heteroatoms. The van der Waals surface area contributed by atoms with Gasteiger partial charge in [-0.25, -0.2) is 0 Å². The maximum atomic E-state index is 11.6. The lowest BCUT2D eigenvalue weighted by atomic mass is 10.2. The SMILES string of the molecule is CC(C)COCC(O)CNC(=O)Cc1cccnc1. The minimum atomic E-state index is -0.670. The highest BCUT2D eigenvalue weighted by Crippen LogP contribution is 1.97. The van der Waals surface area contributed by atoms with E-state index >= 15 is 0 Å². The third kappa shape index (κ3) is 7.54. The summed E-state index contributed by atoms with van der Waals surface area (Å²) in [6.07, 6.45) is 2.92. The number of carbonyl (C=O) groups excluding carboxylic acids is 1. The van der Waals surface area contributed by atoms with E-state index in [1.807, 2.05) is 19.9 Å². The Morgan fingerprint density at radius 3 is 2.89 bits per heavy atom. The average Bonchev–Trinajstić information content (AvgIpc) is 2.37. The molecule has 0 fully saturated rings. The molecule has 19 heavy (non-hydrogen) atoms. The zero-order valence-corrected chi connectivity index (χ0v) is 11.5. The van der Waals surface area contributed by atoms with Crippen molar-refractivity contribution in [1.29, 1.82) is 0 Å². The maximum Gasteiger partial charge on any atom is 0.224 e. The molecular formula is C14H22N2O3. The van der Waals surface area contributed by atoms with Gasteiger partial charge in [-0.05, 0) is 17.5 Å². The van der Waals surface area contributed by atoms with Gasteiger partial charge in [-0.3, -0.25) is 9.78 Å². The van der Waals surface area contributed by atoms with Crippen molar-refractivity contribution in [2.24, 2.45) is 5.92 Å². The number of pyridine rings is 1. The Kier molecular flexibility index (Phi) is 7.07. The van der Waals surface area contributed by atoms with Crippen LogP contribution >= 0.6 is 0 Å². The first-order valence-corrected chi connectivity index (χ1v) is 6.49. The molecule has 0 aliphatic carbocycles. The number of ether oxygens (including phenoxy) is 1. The Morgan fingerprint density at radius 2 is 2.26 bits per heavy atom. The first-order chi connectivity index (χ1) is 9.08. The summed E-state index contributed by atoms with van der Waals surface area (Å²) in [6.45, 7) is 5.15. The van der Waals surface area contributed by atoms with Crippen LogP contribution in [0.25, 0.3) is 0 Å². The van der Waals surface area contributed by atoms with Crippen LogP contribution in [-0.4, -0.2) is 41.9 Å². The second-order valence-electron chi connectivity index (χ2n) is 4.93. The van der Waals surface area contributed by atoms with Crippen molar-refractivity contribution in [2.75, 3.05) is 19.8 Å². The molecule has 1 amide bonds. The quantitative estimate of drug-likeness (QED) is 0.729. The van der Waals surface area contributed by atoms with E-state index in [4.69, 9.17) is 4.74 Å². The largest absolute Gasteiger partial charge is 0.389 e. The highest BCUT2D eigenvalue weighted by Gasteiger charge is 2.08. The Bertz CT molecular complexity index is 368. The smallest absolute Gasteiger partial charge is 0.224 e. The lowest BCUT2D eigenvalue weighted by Crippen LogP contribution is -2.35. The number of rotatable bonds is 8. The lowest BCUT2D eigenvalue weighted by molar-refractivity contribution is -0.121. The highest BCUT2D eigenvalue weighted by molar-refractivity contribution is 5.78. The first kappa shape index (κ1) is 15.6. The van der Waals surface area contributed by atoms with Crippen molar-refractivity contribution in [3.63, 3.8) is 0 Å². The van der Waals surface area contributed by atoms with E-state index in [1.165, 1.54) is 0 Å². The standard InChI is InChI=1S/C14H22N2O3/c1-11(2)9-19-10-13(17)8-16-14(18)6-12-4-3-5-15-7-12/h3-5,7,11,13,17H,6,8-10H2,1-2H3,(H,16,18). The molecule has 0 saturated heterocycles. The molecule has 0 aromatic carbocycles. The van der Waals surface area contributed by atoms with Crippen LogP contribution in [0, 0.1) is 5.92 Å². The van der Waals surface area contributed by atoms with Crippen molar-refractivity contribution in [1.82, 2.24) is 10.3 Å². The van der Waals surface area contributed by atoms with Crippen LogP contribution < -0.4 is 5.32 Å². The first-order valence-electron chi connectivity index (χ1n) is 6.49. The summed E-state index contributed by atoms with van der Waals surface area (Å²) in [5, 5.41) is 12.3. The Balaban J connectivity index is 2.16. The summed E-state index contributed by atoms with van der Waals surface area (Å²) in [4.78, 5) is 15.5. The molecule has 1 rings (SSSR count). The summed E-state index contributed by atoms with van der Waals surface area (Å²) < 4.78 is 5.30. The molecule has 5 nitrogen and oxygen atoms in total. The van der Waals surface area contributed by atoms with Gasteiger partial charge in [-0.15, -0.1) is 0 Å². The average molecular weight is 266 g/mol. The van der Waals surface area contributed by atoms with Gasteiger partial charge in [-0.2, -0.15) is 0 Å². The highest BCUT2D eigenvalue weighted by atomic mass is 16.5. The molecule has 0 radical (unpaired) electrons. The van der Waals surface area contributed by atoms with Gasteiger partial charge in [0, 0.05) is 25.5 Å². The zero-order chi connectivity index (χ0) is 14.1. The van der Waals surface area contributed by atoms with Gasteiger partial charge in [-0.1, -0.05) is 19.9 Å². The van der Waals surface area contributed by atoms with Gasteiger partial charge in [0.1, 0.15) is 0 Å². The third-order valence-corrected chi connectivity index (χ3v) is 2.38. The predicted molar refractivity (Wildman–Crippen MR) is 72.6 cm³/mol. The van der Waals surface area contributed by atoms with Crippen LogP contribution in [0.1, 0.15) is 19.4 Å². The number of nitrogens with one attached hydrogen (secondary N) is 1. The van der Waals surface area contributed by atoms with Crippen molar-refractivity contribution in [3.8, 4) is 0 Å². The van der Waals surface area contributed by atoms with Crippen molar-refractivity contribution < 1.29 is 14.6 Å². The van der Waals surface area contributed by atoms with Gasteiger partial charge in [0.2, 0.25) is 5.91 Å². The fourth-order valence-electron chi connectivity index (χ4n) is 1.48. The van der Waals surface area contributed by atoms with E-state index in [0.717, 1.165) is 5.56 Å². The van der Waals surface area contributed by atoms with E-state index in [1.54, 1.807) is 18.5 Å². The maximum absolute atomic E-state index is 11.6. The summed E-state index contributed by atoms with van der Waals surface area (Å²) in [5.41, 5.74) is 0.852. The fourth-order valence-corrected chi connectivity index (χ4v) is 1.48. The molecule has 0 spiro atoms. The second kappa shape index (κ2) is 8.61. The Labute approximate surface area is 114 Å². The van der Waals surface area contributed by atoms with Gasteiger partial charge in [0.05, 0.1) is 19.1 Å². The van der Waals surface area contributed by atoms with Crippen LogP contribution in [0.4, 0.5) is 0 Å². The molecule has 1 aromatic rings. The molecule has 1 aromatic heterocycles. The van der Waals surface area contributed by atoms with Crippen LogP contribution in [0.15, 0.2) is 24.5 Å². The summed E-state index contributed by atoms with van der Waals surface area (Å²) in [5.74, 6) is 0.309. The number of carbonyl (C=O) groups is 1. The zero-order valence-electron chi connectivity index (χ0n) is 11.5. The fraction of sp³-hybridized carbons (Fsp3) is 0.571. The van der Waals surface area contributed by atoms with Crippen molar-refractivity contribution in [2.45, 2.75) is 26.4 Å². The topological polar surface area (TPSA) is 71.5 Å². The summed E-state index contributed by atoms with van der Waals surface area (Å²) >= 11 is 0.